The fraction of sp³-hybridized carbons (Fsp3) is 0.240. The van der Waals surface area contributed by atoms with Gasteiger partial charge in [0.2, 0.25) is 5.91 Å². The maximum atomic E-state index is 14.8. The van der Waals surface area contributed by atoms with Gasteiger partial charge in [-0.1, -0.05) is 12.1 Å². The van der Waals surface area contributed by atoms with E-state index >= 15 is 0 Å². The van der Waals surface area contributed by atoms with E-state index in [4.69, 9.17) is 9.47 Å². The van der Waals surface area contributed by atoms with Crippen molar-refractivity contribution in [2.45, 2.75) is 18.8 Å². The molecule has 1 aliphatic heterocycles. The predicted octanol–water partition coefficient (Wildman–Crippen LogP) is 4.57. The molecule has 3 aromatic rings. The van der Waals surface area contributed by atoms with E-state index in [1.165, 1.54) is 31.0 Å². The number of rotatable bonds is 8. The predicted molar refractivity (Wildman–Crippen MR) is 129 cm³/mol. The van der Waals surface area contributed by atoms with Crippen LogP contribution in [0.25, 0.3) is 0 Å². The Hall–Kier alpha value is -3.59. The van der Waals surface area contributed by atoms with Crippen LogP contribution in [0.3, 0.4) is 0 Å². The Morgan fingerprint density at radius 2 is 1.94 bits per heavy atom. The van der Waals surface area contributed by atoms with Crippen molar-refractivity contribution in [3.05, 3.63) is 82.8 Å². The number of benzene rings is 2. The summed E-state index contributed by atoms with van der Waals surface area (Å²) in [6.45, 7) is 2.12. The van der Waals surface area contributed by atoms with Crippen LogP contribution in [0.2, 0.25) is 0 Å². The monoisotopic (exact) mass is 481 g/mol. The second-order valence-electron chi connectivity index (χ2n) is 7.75. The number of carbonyl (C=O) groups excluding carboxylic acids is 2. The van der Waals surface area contributed by atoms with Gasteiger partial charge in [0.05, 0.1) is 20.0 Å². The zero-order valence-corrected chi connectivity index (χ0v) is 19.8. The first-order valence-electron chi connectivity index (χ1n) is 10.6. The molecular formula is C25H24FN3O4S. The van der Waals surface area contributed by atoms with Crippen LogP contribution >= 0.6 is 11.8 Å². The lowest BCUT2D eigenvalue weighted by Gasteiger charge is -2.25. The highest BCUT2D eigenvalue weighted by Crippen LogP contribution is 2.44. The summed E-state index contributed by atoms with van der Waals surface area (Å²) in [6, 6.07) is 13.4. The van der Waals surface area contributed by atoms with Crippen molar-refractivity contribution in [3.8, 4) is 11.5 Å². The molecule has 2 amide bonds. The average Bonchev–Trinajstić information content (AvgIpc) is 3.09. The van der Waals surface area contributed by atoms with E-state index in [2.05, 4.69) is 10.3 Å². The number of aromatic nitrogens is 1. The van der Waals surface area contributed by atoms with Gasteiger partial charge in [0.1, 0.15) is 17.0 Å². The molecule has 2 aromatic carbocycles. The molecule has 7 nitrogen and oxygen atoms in total. The molecule has 34 heavy (non-hydrogen) atoms. The standard InChI is InChI=1S/C25H24FN3O4S/c1-15-9-10-27-21(11-15)28-22(30)14-34-25-23-17(5-4-6-18(23)26)24(31)29(25)13-16-7-8-19(32-2)20(12-16)33-3/h4-12,25H,13-14H2,1-3H3,(H,27,28,30). The molecule has 9 heteroatoms. The number of hydrogen-bond donors (Lipinski definition) is 1. The molecule has 1 aromatic heterocycles. The van der Waals surface area contributed by atoms with Crippen molar-refractivity contribution >= 4 is 29.4 Å². The zero-order valence-electron chi connectivity index (χ0n) is 19.0. The van der Waals surface area contributed by atoms with Gasteiger partial charge in [0.25, 0.3) is 5.91 Å². The number of fused-ring (bicyclic) bond motifs is 1. The van der Waals surface area contributed by atoms with Crippen molar-refractivity contribution in [2.75, 3.05) is 25.3 Å². The van der Waals surface area contributed by atoms with E-state index in [0.717, 1.165) is 11.1 Å². The topological polar surface area (TPSA) is 80.8 Å². The Morgan fingerprint density at radius 3 is 2.68 bits per heavy atom. The number of nitrogens with one attached hydrogen (secondary N) is 1. The largest absolute Gasteiger partial charge is 0.493 e. The Morgan fingerprint density at radius 1 is 1.15 bits per heavy atom. The zero-order chi connectivity index (χ0) is 24.2. The van der Waals surface area contributed by atoms with E-state index in [1.54, 1.807) is 42.5 Å². The minimum Gasteiger partial charge on any atom is -0.493 e. The normalized spacial score (nSPS) is 14.6. The quantitative estimate of drug-likeness (QED) is 0.508. The van der Waals surface area contributed by atoms with Gasteiger partial charge >= 0.3 is 0 Å². The highest BCUT2D eigenvalue weighted by Gasteiger charge is 2.39. The molecule has 0 bridgehead atoms. The van der Waals surface area contributed by atoms with E-state index in [9.17, 15) is 14.0 Å². The molecular weight excluding hydrogens is 457 g/mol. The molecule has 1 atom stereocenters. The molecule has 4 rings (SSSR count). The van der Waals surface area contributed by atoms with Crippen LogP contribution in [0.5, 0.6) is 11.5 Å². The summed E-state index contributed by atoms with van der Waals surface area (Å²) in [5, 5.41) is 2.09. The molecule has 1 N–H and O–H groups in total. The van der Waals surface area contributed by atoms with E-state index in [-0.39, 0.29) is 24.1 Å². The van der Waals surface area contributed by atoms with Crippen LogP contribution < -0.4 is 14.8 Å². The van der Waals surface area contributed by atoms with Crippen LogP contribution in [0, 0.1) is 12.7 Å². The second kappa shape index (κ2) is 10.1. The smallest absolute Gasteiger partial charge is 0.255 e. The fourth-order valence-electron chi connectivity index (χ4n) is 3.83. The van der Waals surface area contributed by atoms with Crippen LogP contribution in [0.15, 0.2) is 54.7 Å². The average molecular weight is 482 g/mol. The van der Waals surface area contributed by atoms with Gasteiger partial charge in [-0.05, 0) is 54.4 Å². The summed E-state index contributed by atoms with van der Waals surface area (Å²) in [6.07, 6.45) is 1.62. The highest BCUT2D eigenvalue weighted by atomic mass is 32.2. The van der Waals surface area contributed by atoms with Crippen LogP contribution in [0.4, 0.5) is 10.2 Å². The molecule has 2 heterocycles. The minimum atomic E-state index is -0.659. The lowest BCUT2D eigenvalue weighted by molar-refractivity contribution is -0.113. The summed E-state index contributed by atoms with van der Waals surface area (Å²) in [5.74, 6) is 0.518. The highest BCUT2D eigenvalue weighted by molar-refractivity contribution is 8.00. The van der Waals surface area contributed by atoms with Crippen LogP contribution in [-0.2, 0) is 11.3 Å². The molecule has 0 saturated heterocycles. The van der Waals surface area contributed by atoms with Gasteiger partial charge in [0, 0.05) is 23.9 Å². The number of aryl methyl sites for hydroxylation is 1. The Balaban J connectivity index is 1.56. The SMILES string of the molecule is COc1ccc(CN2C(=O)c3cccc(F)c3C2SCC(=O)Nc2cc(C)ccn2)cc1OC. The number of hydrogen-bond acceptors (Lipinski definition) is 6. The third-order valence-electron chi connectivity index (χ3n) is 5.43. The van der Waals surface area contributed by atoms with Crippen molar-refractivity contribution in [3.63, 3.8) is 0 Å². The van der Waals surface area contributed by atoms with Crippen LogP contribution in [0.1, 0.15) is 32.4 Å². The van der Waals surface area contributed by atoms with Gasteiger partial charge in [-0.25, -0.2) is 9.37 Å². The Bertz CT molecular complexity index is 1240. The molecule has 0 spiro atoms. The molecule has 1 aliphatic rings. The summed E-state index contributed by atoms with van der Waals surface area (Å²) < 4.78 is 25.5. The number of thioether (sulfide) groups is 1. The minimum absolute atomic E-state index is 0.0176. The molecule has 0 saturated carbocycles. The van der Waals surface area contributed by atoms with E-state index in [1.807, 2.05) is 19.1 Å². The first-order chi connectivity index (χ1) is 16.4. The van der Waals surface area contributed by atoms with Gasteiger partial charge < -0.3 is 19.7 Å². The lowest BCUT2D eigenvalue weighted by atomic mass is 10.1. The summed E-state index contributed by atoms with van der Waals surface area (Å²) in [4.78, 5) is 31.5. The fourth-order valence-corrected chi connectivity index (χ4v) is 4.97. The molecule has 0 aliphatic carbocycles. The number of amides is 2. The maximum absolute atomic E-state index is 14.8. The lowest BCUT2D eigenvalue weighted by Crippen LogP contribution is -2.27. The number of methoxy groups -OCH3 is 2. The van der Waals surface area contributed by atoms with Gasteiger partial charge in [0.15, 0.2) is 11.5 Å². The molecule has 0 radical (unpaired) electrons. The number of carbonyl (C=O) groups is 2. The van der Waals surface area contributed by atoms with Crippen molar-refractivity contribution in [2.24, 2.45) is 0 Å². The van der Waals surface area contributed by atoms with E-state index in [0.29, 0.717) is 28.4 Å². The van der Waals surface area contributed by atoms with E-state index < -0.39 is 11.2 Å². The Labute approximate surface area is 201 Å². The molecule has 0 fully saturated rings. The maximum Gasteiger partial charge on any atom is 0.255 e. The first kappa shape index (κ1) is 23.6. The van der Waals surface area contributed by atoms with Crippen molar-refractivity contribution in [1.82, 2.24) is 9.88 Å². The molecule has 176 valence electrons. The third-order valence-corrected chi connectivity index (χ3v) is 6.67. The number of anilines is 1. The number of pyridine rings is 1. The molecule has 1 unspecified atom stereocenters. The number of halogens is 1. The third kappa shape index (κ3) is 4.84. The van der Waals surface area contributed by atoms with Gasteiger partial charge in [-0.15, -0.1) is 11.8 Å². The number of nitrogens with zero attached hydrogens (tertiary/aromatic N) is 2. The van der Waals surface area contributed by atoms with Gasteiger partial charge in [-0.3, -0.25) is 9.59 Å². The van der Waals surface area contributed by atoms with Crippen LogP contribution in [-0.4, -0.2) is 41.7 Å². The summed E-state index contributed by atoms with van der Waals surface area (Å²) in [7, 11) is 3.08. The first-order valence-corrected chi connectivity index (χ1v) is 11.6. The van der Waals surface area contributed by atoms with Crippen molar-refractivity contribution in [1.29, 1.82) is 0 Å². The van der Waals surface area contributed by atoms with Crippen molar-refractivity contribution < 1.29 is 23.5 Å². The van der Waals surface area contributed by atoms with Gasteiger partial charge in [-0.2, -0.15) is 0 Å². The Kier molecular flexibility index (Phi) is 7.02. The summed E-state index contributed by atoms with van der Waals surface area (Å²) in [5.41, 5.74) is 2.35. The summed E-state index contributed by atoms with van der Waals surface area (Å²) >= 11 is 1.19. The number of ether oxygens (including phenoxy) is 2. The second-order valence-corrected chi connectivity index (χ2v) is 8.82.